The molecule has 2 heterocycles. The van der Waals surface area contributed by atoms with Gasteiger partial charge in [0.1, 0.15) is 5.75 Å². The van der Waals surface area contributed by atoms with Crippen LogP contribution in [-0.2, 0) is 9.59 Å². The number of aliphatic carboxylic acids is 1. The number of benzene rings is 1. The third kappa shape index (κ3) is 6.15. The molecule has 1 atom stereocenters. The number of hydrogen-bond donors (Lipinski definition) is 2. The minimum Gasteiger partial charge on any atom is -0.497 e. The number of aromatic nitrogens is 2. The Morgan fingerprint density at radius 1 is 1.13 bits per heavy atom. The van der Waals surface area contributed by atoms with Crippen molar-refractivity contribution < 1.29 is 19.4 Å². The van der Waals surface area contributed by atoms with Gasteiger partial charge in [0.25, 0.3) is 0 Å². The first kappa shape index (κ1) is 21.5. The molecule has 1 aliphatic heterocycles. The van der Waals surface area contributed by atoms with Crippen molar-refractivity contribution in [3.8, 4) is 5.75 Å². The minimum atomic E-state index is -0.965. The van der Waals surface area contributed by atoms with Gasteiger partial charge in [0.2, 0.25) is 11.9 Å². The highest BCUT2D eigenvalue weighted by Crippen LogP contribution is 2.17. The van der Waals surface area contributed by atoms with Gasteiger partial charge in [-0.3, -0.25) is 9.59 Å². The van der Waals surface area contributed by atoms with E-state index in [9.17, 15) is 14.7 Å². The molecule has 0 bridgehead atoms. The van der Waals surface area contributed by atoms with Gasteiger partial charge >= 0.3 is 5.97 Å². The van der Waals surface area contributed by atoms with E-state index in [1.165, 1.54) is 0 Å². The maximum atomic E-state index is 12.4. The van der Waals surface area contributed by atoms with Crippen LogP contribution in [0.5, 0.6) is 5.75 Å². The van der Waals surface area contributed by atoms with Crippen LogP contribution >= 0.6 is 0 Å². The zero-order chi connectivity index (χ0) is 21.3. The fraction of sp³-hybridized carbons (Fsp3) is 0.429. The number of carboxylic acids is 1. The van der Waals surface area contributed by atoms with Gasteiger partial charge in [-0.15, -0.1) is 0 Å². The zero-order valence-electron chi connectivity index (χ0n) is 17.0. The van der Waals surface area contributed by atoms with Crippen molar-refractivity contribution in [2.45, 2.75) is 12.8 Å². The molecule has 0 saturated carbocycles. The number of rotatable bonds is 8. The molecule has 1 fully saturated rings. The molecule has 9 heteroatoms. The van der Waals surface area contributed by atoms with Crippen LogP contribution in [0.1, 0.15) is 12.8 Å². The van der Waals surface area contributed by atoms with Crippen molar-refractivity contribution in [1.29, 1.82) is 0 Å². The molecule has 0 aliphatic carbocycles. The van der Waals surface area contributed by atoms with E-state index in [4.69, 9.17) is 4.74 Å². The van der Waals surface area contributed by atoms with Crippen molar-refractivity contribution in [3.05, 3.63) is 42.7 Å². The molecule has 160 valence electrons. The van der Waals surface area contributed by atoms with Crippen molar-refractivity contribution >= 4 is 23.5 Å². The highest BCUT2D eigenvalue weighted by atomic mass is 16.5. The zero-order valence-corrected chi connectivity index (χ0v) is 17.0. The minimum absolute atomic E-state index is 0.0800. The molecule has 3 rings (SSSR count). The van der Waals surface area contributed by atoms with E-state index in [1.807, 2.05) is 0 Å². The van der Waals surface area contributed by atoms with Crippen LogP contribution in [0.15, 0.2) is 42.7 Å². The SMILES string of the molecule is COc1ccc(NC(=O)C[C@@H](CN2CCCN(c3ncccn3)CC2)C(=O)O)cc1. The van der Waals surface area contributed by atoms with Crippen LogP contribution in [0.4, 0.5) is 11.6 Å². The number of carboxylic acid groups (broad SMARTS) is 1. The lowest BCUT2D eigenvalue weighted by Gasteiger charge is -2.24. The Balaban J connectivity index is 1.53. The Morgan fingerprint density at radius 3 is 2.53 bits per heavy atom. The number of amides is 1. The summed E-state index contributed by atoms with van der Waals surface area (Å²) in [6.07, 6.45) is 4.23. The number of ether oxygens (including phenoxy) is 1. The van der Waals surface area contributed by atoms with Crippen LogP contribution in [0.25, 0.3) is 0 Å². The summed E-state index contributed by atoms with van der Waals surface area (Å²) in [5.41, 5.74) is 0.609. The summed E-state index contributed by atoms with van der Waals surface area (Å²) in [6, 6.07) is 8.71. The van der Waals surface area contributed by atoms with Crippen molar-refractivity contribution in [3.63, 3.8) is 0 Å². The quantitative estimate of drug-likeness (QED) is 0.674. The monoisotopic (exact) mass is 413 g/mol. The number of anilines is 2. The van der Waals surface area contributed by atoms with E-state index < -0.39 is 11.9 Å². The first-order valence-corrected chi connectivity index (χ1v) is 9.96. The summed E-state index contributed by atoms with van der Waals surface area (Å²) in [6.45, 7) is 3.33. The van der Waals surface area contributed by atoms with Crippen LogP contribution in [0.3, 0.4) is 0 Å². The molecule has 0 spiro atoms. The molecule has 1 aliphatic rings. The fourth-order valence-electron chi connectivity index (χ4n) is 3.46. The van der Waals surface area contributed by atoms with E-state index in [1.54, 1.807) is 49.8 Å². The Labute approximate surface area is 175 Å². The third-order valence-corrected chi connectivity index (χ3v) is 5.06. The number of carbonyl (C=O) groups is 2. The van der Waals surface area contributed by atoms with Crippen molar-refractivity contribution in [2.24, 2.45) is 5.92 Å². The average Bonchev–Trinajstić information content (AvgIpc) is 3.00. The smallest absolute Gasteiger partial charge is 0.308 e. The summed E-state index contributed by atoms with van der Waals surface area (Å²) >= 11 is 0. The van der Waals surface area contributed by atoms with Crippen molar-refractivity contribution in [2.75, 3.05) is 50.1 Å². The molecule has 2 aromatic rings. The molecule has 1 amide bonds. The summed E-state index contributed by atoms with van der Waals surface area (Å²) in [5.74, 6) is -0.683. The molecule has 2 N–H and O–H groups in total. The van der Waals surface area contributed by atoms with Gasteiger partial charge in [-0.25, -0.2) is 9.97 Å². The van der Waals surface area contributed by atoms with Gasteiger partial charge in [-0.1, -0.05) is 0 Å². The summed E-state index contributed by atoms with van der Waals surface area (Å²) < 4.78 is 5.09. The molecule has 1 saturated heterocycles. The van der Waals surface area contributed by atoms with E-state index in [2.05, 4.69) is 25.1 Å². The van der Waals surface area contributed by atoms with E-state index >= 15 is 0 Å². The Bertz CT molecular complexity index is 831. The van der Waals surface area contributed by atoms with Crippen LogP contribution in [0, 0.1) is 5.92 Å². The second-order valence-corrected chi connectivity index (χ2v) is 7.21. The lowest BCUT2D eigenvalue weighted by atomic mass is 10.0. The van der Waals surface area contributed by atoms with Crippen LogP contribution in [-0.4, -0.2) is 71.7 Å². The third-order valence-electron chi connectivity index (χ3n) is 5.06. The molecule has 9 nitrogen and oxygen atoms in total. The predicted octanol–water partition coefficient (Wildman–Crippen LogP) is 1.73. The fourth-order valence-corrected chi connectivity index (χ4v) is 3.46. The van der Waals surface area contributed by atoms with Crippen molar-refractivity contribution in [1.82, 2.24) is 14.9 Å². The van der Waals surface area contributed by atoms with Gasteiger partial charge < -0.3 is 25.0 Å². The number of nitrogens with zero attached hydrogens (tertiary/aromatic N) is 4. The second-order valence-electron chi connectivity index (χ2n) is 7.21. The lowest BCUT2D eigenvalue weighted by Crippen LogP contribution is -2.38. The topological polar surface area (TPSA) is 108 Å². The number of carbonyl (C=O) groups excluding carboxylic acids is 1. The first-order valence-electron chi connectivity index (χ1n) is 9.96. The lowest BCUT2D eigenvalue weighted by molar-refractivity contribution is -0.144. The Kier molecular flexibility index (Phi) is 7.56. The molecule has 0 unspecified atom stereocenters. The Morgan fingerprint density at radius 2 is 1.87 bits per heavy atom. The molecular weight excluding hydrogens is 386 g/mol. The molecule has 30 heavy (non-hydrogen) atoms. The second kappa shape index (κ2) is 10.5. The van der Waals surface area contributed by atoms with Gasteiger partial charge in [0.05, 0.1) is 13.0 Å². The summed E-state index contributed by atoms with van der Waals surface area (Å²) in [5, 5.41) is 12.4. The predicted molar refractivity (Wildman–Crippen MR) is 113 cm³/mol. The van der Waals surface area contributed by atoms with E-state index in [-0.39, 0.29) is 12.3 Å². The largest absolute Gasteiger partial charge is 0.497 e. The molecule has 1 aromatic heterocycles. The number of hydrogen-bond acceptors (Lipinski definition) is 7. The van der Waals surface area contributed by atoms with E-state index in [0.29, 0.717) is 37.0 Å². The molecular formula is C21H27N5O4. The standard InChI is InChI=1S/C21H27N5O4/c1-30-18-6-4-17(5-7-18)24-19(27)14-16(20(28)29)15-25-10-3-11-26(13-12-25)21-22-8-2-9-23-21/h2,4-9,16H,3,10-15H2,1H3,(H,24,27)(H,28,29)/t16-/m0/s1. The average molecular weight is 413 g/mol. The highest BCUT2D eigenvalue weighted by molar-refractivity contribution is 5.93. The maximum absolute atomic E-state index is 12.4. The van der Waals surface area contributed by atoms with Gasteiger partial charge in [0, 0.05) is 50.7 Å². The van der Waals surface area contributed by atoms with Crippen LogP contribution in [0.2, 0.25) is 0 Å². The van der Waals surface area contributed by atoms with Gasteiger partial charge in [-0.05, 0) is 43.3 Å². The summed E-state index contributed by atoms with van der Waals surface area (Å²) in [7, 11) is 1.57. The molecule has 1 aromatic carbocycles. The maximum Gasteiger partial charge on any atom is 0.308 e. The van der Waals surface area contributed by atoms with Crippen LogP contribution < -0.4 is 15.0 Å². The highest BCUT2D eigenvalue weighted by Gasteiger charge is 2.26. The number of methoxy groups -OCH3 is 1. The Hall–Kier alpha value is -3.20. The van der Waals surface area contributed by atoms with Gasteiger partial charge in [-0.2, -0.15) is 0 Å². The van der Waals surface area contributed by atoms with Gasteiger partial charge in [0.15, 0.2) is 0 Å². The first-order chi connectivity index (χ1) is 14.5. The molecule has 0 radical (unpaired) electrons. The van der Waals surface area contributed by atoms with E-state index in [0.717, 1.165) is 19.5 Å². The normalized spacial score (nSPS) is 15.8. The number of nitrogens with one attached hydrogen (secondary N) is 1. The summed E-state index contributed by atoms with van der Waals surface area (Å²) in [4.78, 5) is 36.9.